The van der Waals surface area contributed by atoms with Crippen LogP contribution in [0.3, 0.4) is 0 Å². The van der Waals surface area contributed by atoms with Crippen LogP contribution in [0.5, 0.6) is 5.75 Å². The second kappa shape index (κ2) is 10.4. The predicted octanol–water partition coefficient (Wildman–Crippen LogP) is 1.19. The van der Waals surface area contributed by atoms with E-state index in [0.717, 1.165) is 38.0 Å². The summed E-state index contributed by atoms with van der Waals surface area (Å²) < 4.78 is 28.6. The highest BCUT2D eigenvalue weighted by Crippen LogP contribution is 2.31. The van der Waals surface area contributed by atoms with Gasteiger partial charge in [0.1, 0.15) is 11.3 Å². The summed E-state index contributed by atoms with van der Waals surface area (Å²) in [4.78, 5) is 12.2. The van der Waals surface area contributed by atoms with Crippen LogP contribution in [0.2, 0.25) is 0 Å². The number of aromatic nitrogens is 1. The van der Waals surface area contributed by atoms with Crippen molar-refractivity contribution in [1.29, 1.82) is 0 Å². The molecule has 3 aromatic rings. The van der Waals surface area contributed by atoms with E-state index in [-0.39, 0.29) is 29.3 Å². The molecule has 10 heteroatoms. The molecule has 35 heavy (non-hydrogen) atoms. The molecular formula is C25H32N2O7S. The second-order valence-corrected chi connectivity index (χ2v) is 10.4. The number of aryl methyl sites for hydroxylation is 2. The Bertz CT molecular complexity index is 1370. The van der Waals surface area contributed by atoms with Crippen LogP contribution in [-0.4, -0.2) is 47.7 Å². The normalized spacial score (nSPS) is 14.5. The van der Waals surface area contributed by atoms with E-state index in [9.17, 15) is 23.4 Å². The van der Waals surface area contributed by atoms with Gasteiger partial charge in [-0.1, -0.05) is 32.0 Å². The van der Waals surface area contributed by atoms with Gasteiger partial charge in [0.15, 0.2) is 0 Å². The van der Waals surface area contributed by atoms with Gasteiger partial charge >= 0.3 is 10.1 Å². The molecule has 0 amide bonds. The van der Waals surface area contributed by atoms with Crippen molar-refractivity contribution in [2.24, 2.45) is 0 Å². The molecule has 0 aliphatic heterocycles. The number of phenolic OH excluding ortho intramolecular Hbond substituents is 1. The number of nitrogens with zero attached hydrogens (tertiary/aromatic N) is 1. The molecule has 0 unspecified atom stereocenters. The minimum atomic E-state index is -4.02. The van der Waals surface area contributed by atoms with Crippen LogP contribution < -0.4 is 15.2 Å². The Morgan fingerprint density at radius 1 is 1.09 bits per heavy atom. The van der Waals surface area contributed by atoms with E-state index in [4.69, 9.17) is 4.28 Å². The molecule has 2 aromatic carbocycles. The van der Waals surface area contributed by atoms with Crippen molar-refractivity contribution in [3.8, 4) is 5.75 Å². The summed E-state index contributed by atoms with van der Waals surface area (Å²) in [5.41, 5.74) is 5.06. The number of rotatable bonds is 8. The van der Waals surface area contributed by atoms with Crippen LogP contribution in [-0.2, 0) is 35.8 Å². The lowest BCUT2D eigenvalue weighted by Gasteiger charge is -2.19. The molecule has 9 nitrogen and oxygen atoms in total. The van der Waals surface area contributed by atoms with Crippen LogP contribution in [0.25, 0.3) is 10.9 Å². The summed E-state index contributed by atoms with van der Waals surface area (Å²) >= 11 is 0. The van der Waals surface area contributed by atoms with Gasteiger partial charge in [-0.25, -0.2) is 0 Å². The first-order chi connectivity index (χ1) is 16.1. The summed E-state index contributed by atoms with van der Waals surface area (Å²) in [5.74, 6) is -0.329. The Balaban J connectivity index is 0.00000342. The maximum atomic E-state index is 12.2. The molecule has 1 atom stereocenters. The first-order valence-electron chi connectivity index (χ1n) is 11.4. The Kier molecular flexibility index (Phi) is 7.90. The van der Waals surface area contributed by atoms with Crippen LogP contribution in [0.15, 0.2) is 41.2 Å². The molecule has 190 valence electrons. The van der Waals surface area contributed by atoms with Gasteiger partial charge in [-0.3, -0.25) is 9.08 Å². The van der Waals surface area contributed by atoms with Crippen molar-refractivity contribution < 1.29 is 28.4 Å². The highest BCUT2D eigenvalue weighted by atomic mass is 32.2. The number of nitrogens with one attached hydrogen (secondary N) is 1. The monoisotopic (exact) mass is 504 g/mol. The zero-order valence-corrected chi connectivity index (χ0v) is 20.9. The fourth-order valence-electron chi connectivity index (χ4n) is 4.80. The van der Waals surface area contributed by atoms with Gasteiger partial charge in [0.2, 0.25) is 0 Å². The third-order valence-corrected chi connectivity index (χ3v) is 6.83. The van der Waals surface area contributed by atoms with Gasteiger partial charge in [0.25, 0.3) is 5.56 Å². The fraction of sp³-hybridized carbons (Fsp3) is 0.400. The number of aromatic hydroxyl groups is 1. The summed E-state index contributed by atoms with van der Waals surface area (Å²) in [6.07, 6.45) is 3.65. The van der Waals surface area contributed by atoms with Crippen molar-refractivity contribution >= 4 is 21.0 Å². The topological polar surface area (TPSA) is 149 Å². The highest BCUT2D eigenvalue weighted by molar-refractivity contribution is 7.86. The molecule has 0 fully saturated rings. The van der Waals surface area contributed by atoms with Gasteiger partial charge in [-0.2, -0.15) is 8.42 Å². The first-order valence-corrected chi connectivity index (χ1v) is 13.3. The Hall–Kier alpha value is -2.92. The van der Waals surface area contributed by atoms with E-state index in [2.05, 4.69) is 31.3 Å². The summed E-state index contributed by atoms with van der Waals surface area (Å²) in [5, 5.41) is 25.1. The smallest absolute Gasteiger partial charge is 0.324 e. The lowest BCUT2D eigenvalue weighted by molar-refractivity contribution is 0.171. The number of pyridine rings is 1. The quantitative estimate of drug-likeness (QED) is 0.417. The molecule has 0 radical (unpaired) electrons. The highest BCUT2D eigenvalue weighted by Gasteiger charge is 2.24. The third kappa shape index (κ3) is 5.51. The Morgan fingerprint density at radius 3 is 2.23 bits per heavy atom. The number of benzene rings is 2. The zero-order chi connectivity index (χ0) is 24.6. The van der Waals surface area contributed by atoms with Gasteiger partial charge < -0.3 is 21.0 Å². The van der Waals surface area contributed by atoms with Crippen molar-refractivity contribution in [3.63, 3.8) is 0 Å². The first kappa shape index (κ1) is 26.7. The fourth-order valence-corrected chi connectivity index (χ4v) is 5.22. The van der Waals surface area contributed by atoms with E-state index in [1.807, 2.05) is 0 Å². The number of hydrogen-bond acceptors (Lipinski definition) is 7. The number of fused-ring (bicyclic) bond motifs is 2. The van der Waals surface area contributed by atoms with E-state index in [0.29, 0.717) is 15.7 Å². The minimum Gasteiger partial charge on any atom is -0.506 e. The van der Waals surface area contributed by atoms with Gasteiger partial charge in [0.05, 0.1) is 12.4 Å². The molecule has 1 heterocycles. The van der Waals surface area contributed by atoms with E-state index in [1.165, 1.54) is 34.4 Å². The summed E-state index contributed by atoms with van der Waals surface area (Å²) in [7, 11) is -4.02. The van der Waals surface area contributed by atoms with E-state index >= 15 is 0 Å². The average molecular weight is 505 g/mol. The number of phenols is 1. The summed E-state index contributed by atoms with van der Waals surface area (Å²) in [6, 6.07) is 10.3. The predicted molar refractivity (Wildman–Crippen MR) is 134 cm³/mol. The largest absolute Gasteiger partial charge is 0.506 e. The van der Waals surface area contributed by atoms with Crippen molar-refractivity contribution in [2.75, 3.05) is 12.8 Å². The molecule has 0 saturated heterocycles. The lowest BCUT2D eigenvalue weighted by atomic mass is 9.97. The number of hydrogen-bond donors (Lipinski definition) is 3. The maximum absolute atomic E-state index is 12.2. The van der Waals surface area contributed by atoms with Gasteiger partial charge in [0, 0.05) is 24.0 Å². The van der Waals surface area contributed by atoms with Crippen molar-refractivity contribution in [3.05, 3.63) is 74.6 Å². The third-order valence-electron chi connectivity index (χ3n) is 6.41. The van der Waals surface area contributed by atoms with E-state index < -0.39 is 21.8 Å². The molecule has 1 aliphatic carbocycles. The Morgan fingerprint density at radius 2 is 1.69 bits per heavy atom. The molecule has 0 bridgehead atoms. The molecule has 0 saturated carbocycles. The van der Waals surface area contributed by atoms with Gasteiger partial charge in [-0.15, -0.1) is 4.73 Å². The Labute approximate surface area is 204 Å². The van der Waals surface area contributed by atoms with Crippen LogP contribution in [0.4, 0.5) is 0 Å². The number of aliphatic hydroxyl groups is 1. The maximum Gasteiger partial charge on any atom is 0.324 e. The van der Waals surface area contributed by atoms with Gasteiger partial charge in [-0.05, 0) is 65.6 Å². The molecule has 0 spiro atoms. The van der Waals surface area contributed by atoms with Crippen molar-refractivity contribution in [2.45, 2.75) is 51.7 Å². The van der Waals surface area contributed by atoms with E-state index in [1.54, 1.807) is 6.07 Å². The zero-order valence-electron chi connectivity index (χ0n) is 20.0. The molecule has 5 N–H and O–H groups in total. The SMILES string of the molecule is CCc1cc2c(cc1CC)CC(NC[C@H](O)c1ccc(O)c3c1ccc(=O)n3OS(C)(=O)=O)C2.O. The van der Waals surface area contributed by atoms with Crippen LogP contribution in [0.1, 0.15) is 47.8 Å². The van der Waals surface area contributed by atoms with Crippen LogP contribution >= 0.6 is 0 Å². The average Bonchev–Trinajstić information content (AvgIpc) is 3.19. The molecule has 1 aromatic heterocycles. The van der Waals surface area contributed by atoms with Crippen molar-refractivity contribution in [1.82, 2.24) is 10.0 Å². The summed E-state index contributed by atoms with van der Waals surface area (Å²) in [6.45, 7) is 4.60. The standard InChI is InChI=1S/C25H30N2O6S.H2O/c1-4-15-10-17-12-19(13-18(17)11-16(15)5-2)26-14-23(29)20-6-8-22(28)25-21(20)7-9-24(30)27(25)33-34(3,31)32;/h6-11,19,23,26,28-29H,4-5,12-14H2,1-3H3;1H2/t23-;/m0./s1. The number of aliphatic hydroxyl groups excluding tert-OH is 1. The minimum absolute atomic E-state index is 0. The molecule has 4 rings (SSSR count). The lowest BCUT2D eigenvalue weighted by Crippen LogP contribution is -2.33. The second-order valence-electron chi connectivity index (χ2n) is 8.81. The van der Waals surface area contributed by atoms with Crippen LogP contribution in [0, 0.1) is 0 Å². The molecule has 1 aliphatic rings. The molecular weight excluding hydrogens is 472 g/mol.